The van der Waals surface area contributed by atoms with Crippen molar-refractivity contribution in [3.63, 3.8) is 0 Å². The molecule has 122 valence electrons. The van der Waals surface area contributed by atoms with Crippen LogP contribution in [-0.2, 0) is 4.43 Å². The average molecular weight is 309 g/mol. The summed E-state index contributed by atoms with van der Waals surface area (Å²) >= 11 is 0. The van der Waals surface area contributed by atoms with Crippen LogP contribution in [-0.4, -0.2) is 8.32 Å². The van der Waals surface area contributed by atoms with E-state index in [1.54, 1.807) is 0 Å². The second-order valence-corrected chi connectivity index (χ2v) is 10.5. The van der Waals surface area contributed by atoms with E-state index in [-0.39, 0.29) is 0 Å². The molecule has 0 radical (unpaired) electrons. The molecule has 0 amide bonds. The van der Waals surface area contributed by atoms with Gasteiger partial charge in [-0.15, -0.1) is 0 Å². The van der Waals surface area contributed by atoms with Gasteiger partial charge in [-0.3, -0.25) is 0 Å². The zero-order valence-corrected chi connectivity index (χ0v) is 16.2. The van der Waals surface area contributed by atoms with E-state index < -0.39 is 8.32 Å². The summed E-state index contributed by atoms with van der Waals surface area (Å²) in [5, 5.41) is 0. The quantitative estimate of drug-likeness (QED) is 0.131. The summed E-state index contributed by atoms with van der Waals surface area (Å²) in [4.78, 5) is 0. The summed E-state index contributed by atoms with van der Waals surface area (Å²) in [5.41, 5.74) is 4.66. The van der Waals surface area contributed by atoms with Crippen LogP contribution in [0.2, 0.25) is 18.1 Å². The first-order valence-corrected chi connectivity index (χ1v) is 11.4. The molecule has 0 unspecified atom stereocenters. The highest BCUT2D eigenvalue weighted by atomic mass is 28.4. The maximum absolute atomic E-state index is 6.51. The molecule has 0 aliphatic rings. The van der Waals surface area contributed by atoms with Gasteiger partial charge in [0, 0.05) is 0 Å². The first-order chi connectivity index (χ1) is 10.1. The standard InChI is InChI=1S/C19H36OSi/c1-7-12-13-14-15-16-17-19(18(6)8-2)20-21(9-3,10-4)11-5/h8,16H,7,9-15H2,1-6H3/b18-8+. The Morgan fingerprint density at radius 1 is 1.00 bits per heavy atom. The second-order valence-electron chi connectivity index (χ2n) is 5.84. The number of rotatable bonds is 11. The van der Waals surface area contributed by atoms with E-state index in [1.807, 2.05) is 0 Å². The first kappa shape index (κ1) is 20.3. The Labute approximate surface area is 134 Å². The van der Waals surface area contributed by atoms with Crippen LogP contribution in [0.3, 0.4) is 0 Å². The highest BCUT2D eigenvalue weighted by molar-refractivity contribution is 6.73. The van der Waals surface area contributed by atoms with Crippen LogP contribution in [0.5, 0.6) is 0 Å². The molecule has 0 aromatic heterocycles. The molecule has 0 aromatic rings. The predicted octanol–water partition coefficient (Wildman–Crippen LogP) is 6.98. The van der Waals surface area contributed by atoms with Crippen molar-refractivity contribution < 1.29 is 4.43 Å². The molecule has 0 saturated carbocycles. The molecule has 0 spiro atoms. The minimum absolute atomic E-state index is 0.991. The predicted molar refractivity (Wildman–Crippen MR) is 98.1 cm³/mol. The summed E-state index contributed by atoms with van der Waals surface area (Å²) in [7, 11) is -1.60. The minimum Gasteiger partial charge on any atom is -0.538 e. The van der Waals surface area contributed by atoms with E-state index in [0.717, 1.165) is 12.2 Å². The Kier molecular flexibility index (Phi) is 11.5. The summed E-state index contributed by atoms with van der Waals surface area (Å²) < 4.78 is 6.51. The molecule has 1 nitrogen and oxygen atoms in total. The van der Waals surface area contributed by atoms with E-state index in [4.69, 9.17) is 4.43 Å². The number of hydrogen-bond donors (Lipinski definition) is 0. The van der Waals surface area contributed by atoms with E-state index in [1.165, 1.54) is 49.4 Å². The fourth-order valence-electron chi connectivity index (χ4n) is 2.38. The monoisotopic (exact) mass is 308 g/mol. The van der Waals surface area contributed by atoms with Crippen LogP contribution in [0.25, 0.3) is 0 Å². The SMILES string of the molecule is C/C=C(\C)C(=C=CCCCCCC)O[Si](CC)(CC)CC. The zero-order chi connectivity index (χ0) is 16.1. The van der Waals surface area contributed by atoms with Crippen molar-refractivity contribution in [1.29, 1.82) is 0 Å². The molecular weight excluding hydrogens is 272 g/mol. The Balaban J connectivity index is 4.91. The molecule has 0 aliphatic carbocycles. The molecular formula is C19H36OSi. The molecule has 0 heterocycles. The summed E-state index contributed by atoms with van der Waals surface area (Å²) in [5.74, 6) is 0.991. The van der Waals surface area contributed by atoms with Crippen molar-refractivity contribution in [1.82, 2.24) is 0 Å². The average Bonchev–Trinajstić information content (AvgIpc) is 2.53. The van der Waals surface area contributed by atoms with E-state index >= 15 is 0 Å². The van der Waals surface area contributed by atoms with Crippen LogP contribution in [0.1, 0.15) is 73.6 Å². The second kappa shape index (κ2) is 11.9. The Morgan fingerprint density at radius 2 is 1.62 bits per heavy atom. The van der Waals surface area contributed by atoms with Gasteiger partial charge < -0.3 is 4.43 Å². The van der Waals surface area contributed by atoms with Gasteiger partial charge in [-0.05, 0) is 56.5 Å². The van der Waals surface area contributed by atoms with Crippen molar-refractivity contribution in [3.05, 3.63) is 29.2 Å². The Hall–Kier alpha value is -0.723. The topological polar surface area (TPSA) is 9.23 Å². The van der Waals surface area contributed by atoms with Gasteiger partial charge >= 0.3 is 0 Å². The minimum atomic E-state index is -1.60. The molecule has 0 saturated heterocycles. The molecule has 0 fully saturated rings. The largest absolute Gasteiger partial charge is 0.538 e. The zero-order valence-electron chi connectivity index (χ0n) is 15.2. The smallest absolute Gasteiger partial charge is 0.251 e. The third-order valence-corrected chi connectivity index (χ3v) is 8.98. The maximum atomic E-state index is 6.51. The van der Waals surface area contributed by atoms with Gasteiger partial charge in [0.05, 0.1) is 0 Å². The van der Waals surface area contributed by atoms with Crippen LogP contribution >= 0.6 is 0 Å². The van der Waals surface area contributed by atoms with Crippen LogP contribution in [0.4, 0.5) is 0 Å². The Morgan fingerprint density at radius 3 is 2.10 bits per heavy atom. The number of unbranched alkanes of at least 4 members (excludes halogenated alkanes) is 4. The first-order valence-electron chi connectivity index (χ1n) is 8.86. The van der Waals surface area contributed by atoms with Crippen molar-refractivity contribution in [3.8, 4) is 0 Å². The molecule has 0 rings (SSSR count). The lowest BCUT2D eigenvalue weighted by Gasteiger charge is -2.29. The molecule has 0 aliphatic heterocycles. The number of allylic oxidation sites excluding steroid dienone is 2. The lowest BCUT2D eigenvalue weighted by atomic mass is 10.1. The highest BCUT2D eigenvalue weighted by Crippen LogP contribution is 2.27. The summed E-state index contributed by atoms with van der Waals surface area (Å²) in [6.45, 7) is 13.3. The molecule has 21 heavy (non-hydrogen) atoms. The van der Waals surface area contributed by atoms with Gasteiger partial charge in [0.15, 0.2) is 5.76 Å². The Bertz CT molecular complexity index is 349. The molecule has 0 aromatic carbocycles. The van der Waals surface area contributed by atoms with Crippen LogP contribution < -0.4 is 0 Å². The van der Waals surface area contributed by atoms with Crippen molar-refractivity contribution in [2.24, 2.45) is 0 Å². The highest BCUT2D eigenvalue weighted by Gasteiger charge is 2.31. The van der Waals surface area contributed by atoms with Gasteiger partial charge in [0.25, 0.3) is 8.32 Å². The van der Waals surface area contributed by atoms with Gasteiger partial charge in [-0.25, -0.2) is 0 Å². The third-order valence-electron chi connectivity index (χ3n) is 4.48. The van der Waals surface area contributed by atoms with Crippen molar-refractivity contribution >= 4 is 8.32 Å². The summed E-state index contributed by atoms with van der Waals surface area (Å²) in [6.07, 6.45) is 10.6. The van der Waals surface area contributed by atoms with Crippen LogP contribution in [0.15, 0.2) is 29.2 Å². The van der Waals surface area contributed by atoms with Gasteiger partial charge in [-0.1, -0.05) is 58.8 Å². The fraction of sp³-hybridized carbons (Fsp3) is 0.737. The van der Waals surface area contributed by atoms with Crippen molar-refractivity contribution in [2.45, 2.75) is 91.8 Å². The lowest BCUT2D eigenvalue weighted by Crippen LogP contribution is -2.35. The molecule has 2 heteroatoms. The maximum Gasteiger partial charge on any atom is 0.251 e. The van der Waals surface area contributed by atoms with Crippen molar-refractivity contribution in [2.75, 3.05) is 0 Å². The van der Waals surface area contributed by atoms with Crippen LogP contribution in [0, 0.1) is 0 Å². The number of hydrogen-bond acceptors (Lipinski definition) is 1. The summed E-state index contributed by atoms with van der Waals surface area (Å²) in [6, 6.07) is 3.54. The normalized spacial score (nSPS) is 12.0. The lowest BCUT2D eigenvalue weighted by molar-refractivity contribution is 0.416. The van der Waals surface area contributed by atoms with E-state index in [9.17, 15) is 0 Å². The fourth-order valence-corrected chi connectivity index (χ4v) is 4.96. The van der Waals surface area contributed by atoms with Gasteiger partial charge in [-0.2, -0.15) is 0 Å². The molecule has 0 N–H and O–H groups in total. The van der Waals surface area contributed by atoms with Gasteiger partial charge in [0.1, 0.15) is 0 Å². The van der Waals surface area contributed by atoms with E-state index in [0.29, 0.717) is 0 Å². The molecule has 0 bridgehead atoms. The van der Waals surface area contributed by atoms with E-state index in [2.05, 4.69) is 59.4 Å². The third kappa shape index (κ3) is 7.73. The molecule has 0 atom stereocenters. The van der Waals surface area contributed by atoms with Gasteiger partial charge in [0.2, 0.25) is 0 Å².